The van der Waals surface area contributed by atoms with Gasteiger partial charge in [-0.15, -0.1) is 0 Å². The number of nitrogens with one attached hydrogen (secondary N) is 2. The Morgan fingerprint density at radius 2 is 2.38 bits per heavy atom. The highest BCUT2D eigenvalue weighted by atomic mass is 16.3. The maximum atomic E-state index is 11.6. The van der Waals surface area contributed by atoms with E-state index in [9.17, 15) is 4.79 Å². The lowest BCUT2D eigenvalue weighted by molar-refractivity contribution is 0.0940. The van der Waals surface area contributed by atoms with Gasteiger partial charge in [0.1, 0.15) is 0 Å². The van der Waals surface area contributed by atoms with Crippen molar-refractivity contribution >= 4 is 5.91 Å². The van der Waals surface area contributed by atoms with E-state index in [4.69, 9.17) is 5.11 Å². The average Bonchev–Trinajstić information content (AvgIpc) is 2.63. The largest absolute Gasteiger partial charge is 0.392 e. The van der Waals surface area contributed by atoms with Crippen LogP contribution in [0.3, 0.4) is 0 Å². The number of rotatable bonds is 6. The second kappa shape index (κ2) is 6.24. The molecule has 1 heterocycles. The molecule has 1 atom stereocenters. The molecule has 1 rings (SSSR count). The van der Waals surface area contributed by atoms with Crippen molar-refractivity contribution in [3.8, 4) is 0 Å². The molecule has 3 N–H and O–H groups in total. The summed E-state index contributed by atoms with van der Waals surface area (Å²) in [5.41, 5.74) is 0. The fourth-order valence-corrected chi connectivity index (χ4v) is 1.24. The average molecular weight is 226 g/mol. The van der Waals surface area contributed by atoms with E-state index in [1.807, 2.05) is 0 Å². The van der Waals surface area contributed by atoms with Gasteiger partial charge in [0.15, 0.2) is 5.82 Å². The summed E-state index contributed by atoms with van der Waals surface area (Å²) in [5.74, 6) is 0.210. The number of aromatic nitrogens is 2. The lowest BCUT2D eigenvalue weighted by Crippen LogP contribution is -2.35. The molecule has 16 heavy (non-hydrogen) atoms. The molecule has 6 heteroatoms. The molecule has 1 aromatic rings. The first-order chi connectivity index (χ1) is 7.61. The van der Waals surface area contributed by atoms with Gasteiger partial charge in [-0.3, -0.25) is 4.79 Å². The Hall–Kier alpha value is -1.40. The first kappa shape index (κ1) is 12.7. The molecule has 0 saturated carbocycles. The van der Waals surface area contributed by atoms with Crippen LogP contribution in [-0.2, 0) is 7.05 Å². The van der Waals surface area contributed by atoms with Crippen LogP contribution in [0, 0.1) is 0 Å². The van der Waals surface area contributed by atoms with E-state index in [0.29, 0.717) is 25.5 Å². The van der Waals surface area contributed by atoms with Crippen LogP contribution in [0.1, 0.15) is 17.5 Å². The minimum atomic E-state index is -0.370. The SMILES string of the molecule is CC(O)CNCCNC(=O)c1nccn1C. The standard InChI is InChI=1S/C10H18N4O2/c1-8(15)7-11-3-4-13-10(16)9-12-5-6-14(9)2/h5-6,8,11,15H,3-4,7H2,1-2H3,(H,13,16). The molecule has 1 unspecified atom stereocenters. The van der Waals surface area contributed by atoms with Gasteiger partial charge in [-0.05, 0) is 6.92 Å². The molecule has 0 bridgehead atoms. The number of nitrogens with zero attached hydrogens (tertiary/aromatic N) is 2. The Kier molecular flexibility index (Phi) is 4.94. The van der Waals surface area contributed by atoms with Crippen LogP contribution in [0.2, 0.25) is 0 Å². The molecule has 0 saturated heterocycles. The molecule has 0 radical (unpaired) electrons. The van der Waals surface area contributed by atoms with Crippen molar-refractivity contribution in [1.29, 1.82) is 0 Å². The lowest BCUT2D eigenvalue weighted by atomic mass is 10.4. The Morgan fingerprint density at radius 3 is 2.94 bits per heavy atom. The summed E-state index contributed by atoms with van der Waals surface area (Å²) in [4.78, 5) is 15.5. The first-order valence-electron chi connectivity index (χ1n) is 5.25. The molecule has 0 spiro atoms. The van der Waals surface area contributed by atoms with E-state index < -0.39 is 0 Å². The summed E-state index contributed by atoms with van der Waals surface area (Å²) in [6, 6.07) is 0. The van der Waals surface area contributed by atoms with Crippen LogP contribution in [-0.4, -0.2) is 46.3 Å². The highest BCUT2D eigenvalue weighted by molar-refractivity contribution is 5.90. The van der Waals surface area contributed by atoms with Gasteiger partial charge in [0.05, 0.1) is 6.10 Å². The van der Waals surface area contributed by atoms with Crippen LogP contribution in [0.4, 0.5) is 0 Å². The molecule has 0 aliphatic carbocycles. The maximum absolute atomic E-state index is 11.6. The number of hydrogen-bond acceptors (Lipinski definition) is 4. The summed E-state index contributed by atoms with van der Waals surface area (Å²) >= 11 is 0. The Morgan fingerprint density at radius 1 is 1.62 bits per heavy atom. The van der Waals surface area contributed by atoms with E-state index in [0.717, 1.165) is 0 Å². The quantitative estimate of drug-likeness (QED) is 0.550. The topological polar surface area (TPSA) is 79.2 Å². The highest BCUT2D eigenvalue weighted by Crippen LogP contribution is 1.92. The number of carbonyl (C=O) groups is 1. The van der Waals surface area contributed by atoms with Crippen molar-refractivity contribution in [2.75, 3.05) is 19.6 Å². The molecular weight excluding hydrogens is 208 g/mol. The van der Waals surface area contributed by atoms with Gasteiger partial charge in [-0.2, -0.15) is 0 Å². The van der Waals surface area contributed by atoms with Gasteiger partial charge >= 0.3 is 0 Å². The predicted octanol–water partition coefficient (Wildman–Crippen LogP) is -0.880. The lowest BCUT2D eigenvalue weighted by Gasteiger charge is -2.07. The van der Waals surface area contributed by atoms with Gasteiger partial charge < -0.3 is 20.3 Å². The second-order valence-electron chi connectivity index (χ2n) is 3.67. The minimum absolute atomic E-state index is 0.189. The summed E-state index contributed by atoms with van der Waals surface area (Å²) in [6.07, 6.45) is 2.94. The monoisotopic (exact) mass is 226 g/mol. The number of aliphatic hydroxyl groups excluding tert-OH is 1. The molecule has 1 aromatic heterocycles. The summed E-state index contributed by atoms with van der Waals surface area (Å²) in [5, 5.41) is 14.7. The van der Waals surface area contributed by atoms with Crippen molar-refractivity contribution in [3.05, 3.63) is 18.2 Å². The Bertz CT molecular complexity index is 335. The third-order valence-electron chi connectivity index (χ3n) is 2.05. The summed E-state index contributed by atoms with van der Waals surface area (Å²) in [7, 11) is 1.77. The number of amides is 1. The number of aryl methyl sites for hydroxylation is 1. The fourth-order valence-electron chi connectivity index (χ4n) is 1.24. The molecular formula is C10H18N4O2. The van der Waals surface area contributed by atoms with Crippen molar-refractivity contribution < 1.29 is 9.90 Å². The molecule has 0 aliphatic heterocycles. The predicted molar refractivity (Wildman–Crippen MR) is 60.1 cm³/mol. The molecule has 1 amide bonds. The zero-order valence-corrected chi connectivity index (χ0v) is 9.60. The third kappa shape index (κ3) is 4.00. The number of imidazole rings is 1. The maximum Gasteiger partial charge on any atom is 0.287 e. The first-order valence-corrected chi connectivity index (χ1v) is 5.25. The number of aliphatic hydroxyl groups is 1. The number of hydrogen-bond donors (Lipinski definition) is 3. The van der Waals surface area contributed by atoms with Crippen molar-refractivity contribution in [3.63, 3.8) is 0 Å². The summed E-state index contributed by atoms with van der Waals surface area (Å²) in [6.45, 7) is 3.37. The van der Waals surface area contributed by atoms with Gasteiger partial charge in [0.25, 0.3) is 5.91 Å². The van der Waals surface area contributed by atoms with Gasteiger partial charge in [0, 0.05) is 39.1 Å². The van der Waals surface area contributed by atoms with Crippen LogP contribution in [0.25, 0.3) is 0 Å². The second-order valence-corrected chi connectivity index (χ2v) is 3.67. The van der Waals surface area contributed by atoms with E-state index in [1.165, 1.54) is 0 Å². The number of carbonyl (C=O) groups excluding carboxylic acids is 1. The zero-order valence-electron chi connectivity index (χ0n) is 9.60. The van der Waals surface area contributed by atoms with Crippen LogP contribution < -0.4 is 10.6 Å². The van der Waals surface area contributed by atoms with E-state index in [-0.39, 0.29) is 12.0 Å². The normalized spacial score (nSPS) is 12.4. The highest BCUT2D eigenvalue weighted by Gasteiger charge is 2.08. The van der Waals surface area contributed by atoms with Gasteiger partial charge in [0.2, 0.25) is 0 Å². The van der Waals surface area contributed by atoms with Crippen LogP contribution in [0.15, 0.2) is 12.4 Å². The van der Waals surface area contributed by atoms with Crippen molar-refractivity contribution in [2.45, 2.75) is 13.0 Å². The Balaban J connectivity index is 2.19. The van der Waals surface area contributed by atoms with Gasteiger partial charge in [-0.1, -0.05) is 0 Å². The van der Waals surface area contributed by atoms with Gasteiger partial charge in [-0.25, -0.2) is 4.98 Å². The fraction of sp³-hybridized carbons (Fsp3) is 0.600. The molecule has 0 aliphatic rings. The minimum Gasteiger partial charge on any atom is -0.392 e. The smallest absolute Gasteiger partial charge is 0.287 e. The molecule has 6 nitrogen and oxygen atoms in total. The molecule has 0 fully saturated rings. The molecule has 0 aromatic carbocycles. The van der Waals surface area contributed by atoms with E-state index in [2.05, 4.69) is 15.6 Å². The Labute approximate surface area is 94.7 Å². The summed E-state index contributed by atoms with van der Waals surface area (Å²) < 4.78 is 1.67. The van der Waals surface area contributed by atoms with E-state index in [1.54, 1.807) is 30.9 Å². The van der Waals surface area contributed by atoms with Crippen molar-refractivity contribution in [1.82, 2.24) is 20.2 Å². The third-order valence-corrected chi connectivity index (χ3v) is 2.05. The zero-order chi connectivity index (χ0) is 12.0. The van der Waals surface area contributed by atoms with Crippen LogP contribution >= 0.6 is 0 Å². The van der Waals surface area contributed by atoms with Crippen LogP contribution in [0.5, 0.6) is 0 Å². The van der Waals surface area contributed by atoms with E-state index >= 15 is 0 Å². The van der Waals surface area contributed by atoms with Crippen molar-refractivity contribution in [2.24, 2.45) is 7.05 Å². The molecule has 90 valence electrons.